The van der Waals surface area contributed by atoms with Gasteiger partial charge in [-0.05, 0) is 32.8 Å². The van der Waals surface area contributed by atoms with Crippen molar-refractivity contribution in [2.75, 3.05) is 13.1 Å². The van der Waals surface area contributed by atoms with E-state index in [2.05, 4.69) is 10.4 Å². The van der Waals surface area contributed by atoms with Gasteiger partial charge in [0, 0.05) is 38.0 Å². The molecule has 2 amide bonds. The van der Waals surface area contributed by atoms with Crippen molar-refractivity contribution in [3.8, 4) is 0 Å². The SMILES string of the molecule is Cc1nn(C)c2sc(C(=O)NCC(C)N3CCCCC3=O)cc12. The number of likely N-dealkylation sites (tertiary alicyclic amines) is 1. The number of hydrogen-bond acceptors (Lipinski definition) is 4. The number of fused-ring (bicyclic) bond motifs is 1. The first kappa shape index (κ1) is 16.0. The molecule has 3 heterocycles. The zero-order valence-corrected chi connectivity index (χ0v) is 14.6. The van der Waals surface area contributed by atoms with Crippen molar-refractivity contribution in [1.29, 1.82) is 0 Å². The molecule has 1 aliphatic heterocycles. The van der Waals surface area contributed by atoms with Gasteiger partial charge in [-0.2, -0.15) is 5.10 Å². The Bertz CT molecular complexity index is 714. The summed E-state index contributed by atoms with van der Waals surface area (Å²) in [5, 5.41) is 8.33. The van der Waals surface area contributed by atoms with Crippen LogP contribution in [0.2, 0.25) is 0 Å². The van der Waals surface area contributed by atoms with E-state index in [0.717, 1.165) is 35.3 Å². The van der Waals surface area contributed by atoms with Crippen LogP contribution in [-0.4, -0.2) is 45.6 Å². The van der Waals surface area contributed by atoms with Crippen LogP contribution >= 0.6 is 11.3 Å². The van der Waals surface area contributed by atoms with Gasteiger partial charge in [-0.3, -0.25) is 14.3 Å². The van der Waals surface area contributed by atoms with Crippen molar-refractivity contribution < 1.29 is 9.59 Å². The lowest BCUT2D eigenvalue weighted by molar-refractivity contribution is -0.135. The Labute approximate surface area is 139 Å². The normalized spacial score (nSPS) is 16.8. The third kappa shape index (κ3) is 3.10. The lowest BCUT2D eigenvalue weighted by atomic mass is 10.1. The molecule has 1 unspecified atom stereocenters. The third-order valence-corrected chi connectivity index (χ3v) is 5.57. The van der Waals surface area contributed by atoms with Crippen LogP contribution in [0.4, 0.5) is 0 Å². The fraction of sp³-hybridized carbons (Fsp3) is 0.562. The molecule has 0 aromatic carbocycles. The first-order valence-corrected chi connectivity index (χ1v) is 8.80. The Morgan fingerprint density at radius 2 is 2.26 bits per heavy atom. The maximum atomic E-state index is 12.4. The molecule has 0 aliphatic carbocycles. The second kappa shape index (κ2) is 6.31. The minimum absolute atomic E-state index is 0.0320. The molecule has 6 nitrogen and oxygen atoms in total. The lowest BCUT2D eigenvalue weighted by Crippen LogP contribution is -2.47. The molecular weight excluding hydrogens is 312 g/mol. The van der Waals surface area contributed by atoms with Gasteiger partial charge in [-0.25, -0.2) is 0 Å². The second-order valence-electron chi connectivity index (χ2n) is 6.14. The average Bonchev–Trinajstić information content (AvgIpc) is 3.07. The highest BCUT2D eigenvalue weighted by Gasteiger charge is 2.23. The number of piperidine rings is 1. The van der Waals surface area contributed by atoms with Gasteiger partial charge in [0.2, 0.25) is 5.91 Å². The Balaban J connectivity index is 1.64. The van der Waals surface area contributed by atoms with E-state index in [9.17, 15) is 9.59 Å². The summed E-state index contributed by atoms with van der Waals surface area (Å²) in [5.74, 6) is 0.114. The van der Waals surface area contributed by atoms with Gasteiger partial charge < -0.3 is 10.2 Å². The number of hydrogen-bond donors (Lipinski definition) is 1. The van der Waals surface area contributed by atoms with Gasteiger partial charge >= 0.3 is 0 Å². The molecule has 1 atom stereocenters. The molecule has 2 aromatic rings. The highest BCUT2D eigenvalue weighted by atomic mass is 32.1. The number of carbonyl (C=O) groups excluding carboxylic acids is 2. The van der Waals surface area contributed by atoms with Crippen molar-refractivity contribution in [2.24, 2.45) is 7.05 Å². The number of nitrogens with one attached hydrogen (secondary N) is 1. The molecule has 1 fully saturated rings. The van der Waals surface area contributed by atoms with Gasteiger partial charge in [-0.15, -0.1) is 11.3 Å². The second-order valence-corrected chi connectivity index (χ2v) is 7.17. The number of aromatic nitrogens is 2. The lowest BCUT2D eigenvalue weighted by Gasteiger charge is -2.32. The van der Waals surface area contributed by atoms with Gasteiger partial charge in [0.05, 0.1) is 10.6 Å². The highest BCUT2D eigenvalue weighted by Crippen LogP contribution is 2.27. The molecule has 2 aromatic heterocycles. The summed E-state index contributed by atoms with van der Waals surface area (Å²) >= 11 is 1.45. The van der Waals surface area contributed by atoms with E-state index in [4.69, 9.17) is 0 Å². The fourth-order valence-electron chi connectivity index (χ4n) is 3.05. The van der Waals surface area contributed by atoms with Crippen molar-refractivity contribution in [2.45, 2.75) is 39.2 Å². The number of rotatable bonds is 4. The molecule has 1 aliphatic rings. The monoisotopic (exact) mass is 334 g/mol. The van der Waals surface area contributed by atoms with E-state index < -0.39 is 0 Å². The van der Waals surface area contributed by atoms with Crippen molar-refractivity contribution in [3.63, 3.8) is 0 Å². The van der Waals surface area contributed by atoms with E-state index in [1.165, 1.54) is 11.3 Å². The summed E-state index contributed by atoms with van der Waals surface area (Å²) in [4.78, 5) is 27.9. The quantitative estimate of drug-likeness (QED) is 0.931. The van der Waals surface area contributed by atoms with E-state index in [-0.39, 0.29) is 17.9 Å². The maximum absolute atomic E-state index is 12.4. The summed E-state index contributed by atoms with van der Waals surface area (Å²) in [6, 6.07) is 1.93. The van der Waals surface area contributed by atoms with Crippen LogP contribution in [0.3, 0.4) is 0 Å². The molecule has 3 rings (SSSR count). The molecular formula is C16H22N4O2S. The van der Waals surface area contributed by atoms with Crippen LogP contribution in [-0.2, 0) is 11.8 Å². The Kier molecular flexibility index (Phi) is 4.39. The molecule has 1 saturated heterocycles. The summed E-state index contributed by atoms with van der Waals surface area (Å²) in [7, 11) is 1.89. The molecule has 1 N–H and O–H groups in total. The standard InChI is InChI=1S/C16H22N4O2S/c1-10(20-7-5-4-6-14(20)21)9-17-15(22)13-8-12-11(2)18-19(3)16(12)23-13/h8,10H,4-7,9H2,1-3H3,(H,17,22). The largest absolute Gasteiger partial charge is 0.349 e. The highest BCUT2D eigenvalue weighted by molar-refractivity contribution is 7.20. The predicted molar refractivity (Wildman–Crippen MR) is 90.7 cm³/mol. The topological polar surface area (TPSA) is 67.2 Å². The van der Waals surface area contributed by atoms with Crippen LogP contribution in [0.25, 0.3) is 10.2 Å². The number of thiophene rings is 1. The van der Waals surface area contributed by atoms with Crippen LogP contribution < -0.4 is 5.32 Å². The molecule has 0 spiro atoms. The molecule has 0 radical (unpaired) electrons. The van der Waals surface area contributed by atoms with Crippen molar-refractivity contribution >= 4 is 33.4 Å². The molecule has 124 valence electrons. The van der Waals surface area contributed by atoms with Crippen molar-refractivity contribution in [1.82, 2.24) is 20.0 Å². The van der Waals surface area contributed by atoms with Crippen LogP contribution in [0.15, 0.2) is 6.07 Å². The zero-order valence-electron chi connectivity index (χ0n) is 13.8. The first-order valence-electron chi connectivity index (χ1n) is 7.98. The molecule has 23 heavy (non-hydrogen) atoms. The molecule has 0 bridgehead atoms. The maximum Gasteiger partial charge on any atom is 0.261 e. The van der Waals surface area contributed by atoms with E-state index >= 15 is 0 Å². The third-order valence-electron chi connectivity index (χ3n) is 4.37. The van der Waals surface area contributed by atoms with E-state index in [1.807, 2.05) is 31.9 Å². The van der Waals surface area contributed by atoms with Gasteiger partial charge in [0.1, 0.15) is 4.83 Å². The summed E-state index contributed by atoms with van der Waals surface area (Å²) < 4.78 is 1.81. The summed E-state index contributed by atoms with van der Waals surface area (Å²) in [6.07, 6.45) is 2.65. The van der Waals surface area contributed by atoms with E-state index in [0.29, 0.717) is 17.8 Å². The minimum Gasteiger partial charge on any atom is -0.349 e. The smallest absolute Gasteiger partial charge is 0.261 e. The molecule has 0 saturated carbocycles. The van der Waals surface area contributed by atoms with Crippen molar-refractivity contribution in [3.05, 3.63) is 16.6 Å². The number of aryl methyl sites for hydroxylation is 2. The Morgan fingerprint density at radius 1 is 1.48 bits per heavy atom. The fourth-order valence-corrected chi connectivity index (χ4v) is 4.09. The van der Waals surface area contributed by atoms with E-state index in [1.54, 1.807) is 4.68 Å². The Hall–Kier alpha value is -1.89. The number of nitrogens with zero attached hydrogens (tertiary/aromatic N) is 3. The average molecular weight is 334 g/mol. The molecule has 7 heteroatoms. The number of amides is 2. The van der Waals surface area contributed by atoms with Gasteiger partial charge in [0.15, 0.2) is 0 Å². The first-order chi connectivity index (χ1) is 11.0. The number of carbonyl (C=O) groups is 2. The summed E-state index contributed by atoms with van der Waals surface area (Å²) in [6.45, 7) is 5.21. The van der Waals surface area contributed by atoms with Crippen LogP contribution in [0.1, 0.15) is 41.6 Å². The van der Waals surface area contributed by atoms with Gasteiger partial charge in [-0.1, -0.05) is 0 Å². The zero-order chi connectivity index (χ0) is 16.6. The van der Waals surface area contributed by atoms with Gasteiger partial charge in [0.25, 0.3) is 5.91 Å². The summed E-state index contributed by atoms with van der Waals surface area (Å²) in [5.41, 5.74) is 0.935. The van der Waals surface area contributed by atoms with Crippen LogP contribution in [0, 0.1) is 6.92 Å². The Morgan fingerprint density at radius 3 is 2.96 bits per heavy atom. The van der Waals surface area contributed by atoms with Crippen LogP contribution in [0.5, 0.6) is 0 Å². The minimum atomic E-state index is -0.0816. The predicted octanol–water partition coefficient (Wildman–Crippen LogP) is 2.07.